The average molecular weight is 260 g/mol. The van der Waals surface area contributed by atoms with Crippen molar-refractivity contribution < 1.29 is 0 Å². The Bertz CT molecular complexity index is 422. The van der Waals surface area contributed by atoms with E-state index in [-0.39, 0.29) is 0 Å². The zero-order chi connectivity index (χ0) is 13.2. The van der Waals surface area contributed by atoms with Crippen LogP contribution in [-0.2, 0) is 0 Å². The summed E-state index contributed by atoms with van der Waals surface area (Å²) in [5, 5.41) is 3.40. The summed E-state index contributed by atoms with van der Waals surface area (Å²) < 4.78 is 0. The largest absolute Gasteiger partial charge is 0.366 e. The molecule has 1 saturated heterocycles. The van der Waals surface area contributed by atoms with E-state index in [1.54, 1.807) is 0 Å². The predicted molar refractivity (Wildman–Crippen MR) is 77.8 cm³/mol. The molecule has 104 valence electrons. The van der Waals surface area contributed by atoms with Crippen LogP contribution in [0.2, 0.25) is 0 Å². The molecule has 0 radical (unpaired) electrons. The van der Waals surface area contributed by atoms with Crippen LogP contribution in [0, 0.1) is 13.8 Å². The van der Waals surface area contributed by atoms with Crippen LogP contribution >= 0.6 is 0 Å². The van der Waals surface area contributed by atoms with E-state index in [0.29, 0.717) is 5.92 Å². The van der Waals surface area contributed by atoms with E-state index in [1.165, 1.54) is 31.4 Å². The summed E-state index contributed by atoms with van der Waals surface area (Å²) in [5.41, 5.74) is 3.59. The van der Waals surface area contributed by atoms with Crippen molar-refractivity contribution >= 4 is 5.69 Å². The fourth-order valence-corrected chi connectivity index (χ4v) is 3.45. The molecule has 1 saturated carbocycles. The number of aromatic nitrogens is 2. The summed E-state index contributed by atoms with van der Waals surface area (Å²) >= 11 is 0. The molecule has 1 aromatic rings. The highest BCUT2D eigenvalue weighted by molar-refractivity contribution is 5.54. The van der Waals surface area contributed by atoms with Crippen LogP contribution in [-0.4, -0.2) is 36.1 Å². The van der Waals surface area contributed by atoms with E-state index in [9.17, 15) is 0 Å². The third kappa shape index (κ3) is 2.59. The maximum Gasteiger partial charge on any atom is 0.132 e. The van der Waals surface area contributed by atoms with E-state index < -0.39 is 0 Å². The number of anilines is 1. The lowest BCUT2D eigenvalue weighted by Gasteiger charge is -2.31. The van der Waals surface area contributed by atoms with Gasteiger partial charge in [0.05, 0.1) is 17.1 Å². The summed E-state index contributed by atoms with van der Waals surface area (Å²) in [5.74, 6) is 1.70. The number of hydrogen-bond donors (Lipinski definition) is 1. The molecule has 1 aliphatic carbocycles. The third-order valence-electron chi connectivity index (χ3n) is 4.40. The van der Waals surface area contributed by atoms with Gasteiger partial charge in [-0.3, -0.25) is 0 Å². The van der Waals surface area contributed by atoms with E-state index in [0.717, 1.165) is 43.4 Å². The van der Waals surface area contributed by atoms with Crippen LogP contribution in [0.5, 0.6) is 0 Å². The lowest BCUT2D eigenvalue weighted by Crippen LogP contribution is -2.44. The molecule has 0 aromatic carbocycles. The normalized spacial score (nSPS) is 21.1. The number of nitrogens with one attached hydrogen (secondary N) is 1. The van der Waals surface area contributed by atoms with Gasteiger partial charge in [0, 0.05) is 32.1 Å². The van der Waals surface area contributed by atoms with Crippen LogP contribution < -0.4 is 10.2 Å². The molecule has 0 bridgehead atoms. The van der Waals surface area contributed by atoms with Crippen molar-refractivity contribution in [3.05, 3.63) is 17.2 Å². The van der Waals surface area contributed by atoms with Crippen LogP contribution in [0.1, 0.15) is 48.8 Å². The van der Waals surface area contributed by atoms with Crippen LogP contribution in [0.3, 0.4) is 0 Å². The number of hydrogen-bond acceptors (Lipinski definition) is 4. The van der Waals surface area contributed by atoms with Crippen molar-refractivity contribution in [2.45, 2.75) is 45.4 Å². The Labute approximate surface area is 115 Å². The highest BCUT2D eigenvalue weighted by atomic mass is 15.2. The van der Waals surface area contributed by atoms with Crippen molar-refractivity contribution in [3.8, 4) is 0 Å². The van der Waals surface area contributed by atoms with Crippen molar-refractivity contribution in [1.82, 2.24) is 15.3 Å². The summed E-state index contributed by atoms with van der Waals surface area (Å²) in [7, 11) is 0. The second-order valence-corrected chi connectivity index (χ2v) is 5.82. The molecule has 1 N–H and O–H groups in total. The molecule has 0 spiro atoms. The fraction of sp³-hybridized carbons (Fsp3) is 0.733. The smallest absolute Gasteiger partial charge is 0.132 e. The van der Waals surface area contributed by atoms with Crippen molar-refractivity contribution in [1.29, 1.82) is 0 Å². The first-order valence-electron chi connectivity index (χ1n) is 7.56. The summed E-state index contributed by atoms with van der Waals surface area (Å²) in [6.45, 7) is 8.53. The molecule has 19 heavy (non-hydrogen) atoms. The Kier molecular flexibility index (Phi) is 3.69. The fourth-order valence-electron chi connectivity index (χ4n) is 3.45. The minimum Gasteiger partial charge on any atom is -0.366 e. The van der Waals surface area contributed by atoms with Crippen molar-refractivity contribution in [2.24, 2.45) is 0 Å². The molecule has 0 amide bonds. The van der Waals surface area contributed by atoms with Gasteiger partial charge in [-0.15, -0.1) is 0 Å². The van der Waals surface area contributed by atoms with Gasteiger partial charge in [-0.25, -0.2) is 9.97 Å². The van der Waals surface area contributed by atoms with Crippen LogP contribution in [0.15, 0.2) is 0 Å². The van der Waals surface area contributed by atoms with E-state index >= 15 is 0 Å². The lowest BCUT2D eigenvalue weighted by atomic mass is 10.1. The van der Waals surface area contributed by atoms with Gasteiger partial charge >= 0.3 is 0 Å². The molecule has 2 fully saturated rings. The first-order valence-corrected chi connectivity index (χ1v) is 7.56. The van der Waals surface area contributed by atoms with Crippen molar-refractivity contribution in [3.63, 3.8) is 0 Å². The Hall–Kier alpha value is -1.16. The topological polar surface area (TPSA) is 41.1 Å². The Morgan fingerprint density at radius 1 is 1.00 bits per heavy atom. The Morgan fingerprint density at radius 2 is 1.58 bits per heavy atom. The Balaban J connectivity index is 1.88. The van der Waals surface area contributed by atoms with Crippen LogP contribution in [0.25, 0.3) is 0 Å². The number of rotatable bonds is 2. The molecule has 3 rings (SSSR count). The van der Waals surface area contributed by atoms with Gasteiger partial charge < -0.3 is 10.2 Å². The van der Waals surface area contributed by atoms with Gasteiger partial charge in [0.15, 0.2) is 0 Å². The number of piperazine rings is 1. The molecular formula is C15H24N4. The first-order chi connectivity index (χ1) is 9.25. The quantitative estimate of drug-likeness (QED) is 0.884. The predicted octanol–water partition coefficient (Wildman–Crippen LogP) is 2.16. The van der Waals surface area contributed by atoms with Gasteiger partial charge in [0.25, 0.3) is 0 Å². The zero-order valence-electron chi connectivity index (χ0n) is 12.1. The molecule has 0 atom stereocenters. The lowest BCUT2D eigenvalue weighted by molar-refractivity contribution is 0.583. The minimum atomic E-state index is 0.606. The zero-order valence-corrected chi connectivity index (χ0v) is 12.1. The number of aryl methyl sites for hydroxylation is 2. The first kappa shape index (κ1) is 12.9. The van der Waals surface area contributed by atoms with Gasteiger partial charge in [-0.1, -0.05) is 12.8 Å². The monoisotopic (exact) mass is 260 g/mol. The van der Waals surface area contributed by atoms with Gasteiger partial charge in [0.2, 0.25) is 0 Å². The molecular weight excluding hydrogens is 236 g/mol. The summed E-state index contributed by atoms with van der Waals surface area (Å²) in [6, 6.07) is 0. The van der Waals surface area contributed by atoms with Crippen LogP contribution in [0.4, 0.5) is 5.69 Å². The molecule has 2 aliphatic rings. The molecule has 1 aromatic heterocycles. The van der Waals surface area contributed by atoms with Gasteiger partial charge in [-0.05, 0) is 26.7 Å². The minimum absolute atomic E-state index is 0.606. The Morgan fingerprint density at radius 3 is 2.16 bits per heavy atom. The van der Waals surface area contributed by atoms with Gasteiger partial charge in [0.1, 0.15) is 5.82 Å². The van der Waals surface area contributed by atoms with Crippen molar-refractivity contribution in [2.75, 3.05) is 31.1 Å². The van der Waals surface area contributed by atoms with E-state index in [4.69, 9.17) is 9.97 Å². The molecule has 4 heteroatoms. The highest BCUT2D eigenvalue weighted by Gasteiger charge is 2.23. The molecule has 2 heterocycles. The second-order valence-electron chi connectivity index (χ2n) is 5.82. The summed E-state index contributed by atoms with van der Waals surface area (Å²) in [6.07, 6.45) is 5.22. The van der Waals surface area contributed by atoms with E-state index in [2.05, 4.69) is 24.1 Å². The second kappa shape index (κ2) is 5.45. The standard InChI is InChI=1S/C15H24N4/c1-11-14(19-9-7-16-8-10-19)12(2)18-15(17-11)13-5-3-4-6-13/h13,16H,3-10H2,1-2H3. The van der Waals surface area contributed by atoms with Gasteiger partial charge in [-0.2, -0.15) is 0 Å². The number of nitrogens with zero attached hydrogens (tertiary/aromatic N) is 3. The maximum absolute atomic E-state index is 4.82. The maximum atomic E-state index is 4.82. The van der Waals surface area contributed by atoms with E-state index in [1.807, 2.05) is 0 Å². The molecule has 4 nitrogen and oxygen atoms in total. The third-order valence-corrected chi connectivity index (χ3v) is 4.40. The molecule has 1 aliphatic heterocycles. The summed E-state index contributed by atoms with van der Waals surface area (Å²) in [4.78, 5) is 12.1. The highest BCUT2D eigenvalue weighted by Crippen LogP contribution is 2.34. The molecule has 0 unspecified atom stereocenters. The SMILES string of the molecule is Cc1nc(C2CCCC2)nc(C)c1N1CCNCC1. The average Bonchev–Trinajstić information content (AvgIpc) is 2.93.